The number of rotatable bonds is 4. The fraction of sp³-hybridized carbons (Fsp3) is 0.0455. The lowest BCUT2D eigenvalue weighted by atomic mass is 10.1. The highest BCUT2D eigenvalue weighted by Gasteiger charge is 2.11. The minimum absolute atomic E-state index is 0.710. The summed E-state index contributed by atoms with van der Waals surface area (Å²) in [5, 5.41) is 13.9. The van der Waals surface area contributed by atoms with E-state index in [1.54, 1.807) is 18.6 Å². The molecule has 130 valence electrons. The first-order chi connectivity index (χ1) is 13.4. The second-order valence-corrected chi connectivity index (χ2v) is 6.35. The third-order valence-corrected chi connectivity index (χ3v) is 4.57. The highest BCUT2D eigenvalue weighted by molar-refractivity contribution is 5.95. The van der Waals surface area contributed by atoms with Gasteiger partial charge in [-0.15, -0.1) is 0 Å². The largest absolute Gasteiger partial charge is 0.456 e. The standard InChI is InChI=1S/C22H16N4O/c1-2-4-21-16(3-1)12-22(27-21)19-14-25-26-20-6-5-15(11-18(19)20)13-24-17-7-9-23-10-8-17/h1-12,14H,13H2,(H,23,24). The van der Waals surface area contributed by atoms with E-state index in [2.05, 4.69) is 32.6 Å². The molecule has 0 atom stereocenters. The number of anilines is 1. The van der Waals surface area contributed by atoms with Gasteiger partial charge in [0.25, 0.3) is 0 Å². The van der Waals surface area contributed by atoms with Crippen LogP contribution in [0.15, 0.2) is 83.7 Å². The van der Waals surface area contributed by atoms with Crippen molar-refractivity contribution in [3.63, 3.8) is 0 Å². The zero-order chi connectivity index (χ0) is 18.1. The number of benzene rings is 2. The Balaban J connectivity index is 1.54. The molecule has 27 heavy (non-hydrogen) atoms. The SMILES string of the molecule is c1ccc2oc(-c3cnnc4ccc(CNc5ccncc5)cc34)cc2c1. The zero-order valence-electron chi connectivity index (χ0n) is 14.5. The van der Waals surface area contributed by atoms with Crippen molar-refractivity contribution >= 4 is 27.6 Å². The minimum atomic E-state index is 0.710. The topological polar surface area (TPSA) is 63.8 Å². The number of nitrogens with zero attached hydrogens (tertiary/aromatic N) is 3. The molecule has 3 heterocycles. The molecule has 5 nitrogen and oxygen atoms in total. The van der Waals surface area contributed by atoms with Crippen molar-refractivity contribution in [1.82, 2.24) is 15.2 Å². The smallest absolute Gasteiger partial charge is 0.137 e. The van der Waals surface area contributed by atoms with Gasteiger partial charge >= 0.3 is 0 Å². The van der Waals surface area contributed by atoms with Gasteiger partial charge in [0.05, 0.1) is 11.7 Å². The molecule has 0 spiro atoms. The molecular formula is C22H16N4O. The number of fused-ring (bicyclic) bond motifs is 2. The molecule has 0 amide bonds. The van der Waals surface area contributed by atoms with Gasteiger partial charge in [-0.3, -0.25) is 4.98 Å². The van der Waals surface area contributed by atoms with Crippen molar-refractivity contribution in [3.05, 3.63) is 84.8 Å². The summed E-state index contributed by atoms with van der Waals surface area (Å²) in [4.78, 5) is 4.04. The fourth-order valence-corrected chi connectivity index (χ4v) is 3.20. The lowest BCUT2D eigenvalue weighted by Gasteiger charge is -2.08. The second-order valence-electron chi connectivity index (χ2n) is 6.35. The van der Waals surface area contributed by atoms with Crippen LogP contribution in [-0.4, -0.2) is 15.2 Å². The molecule has 0 aliphatic rings. The second kappa shape index (κ2) is 6.53. The van der Waals surface area contributed by atoms with E-state index in [1.807, 2.05) is 48.5 Å². The first-order valence-corrected chi connectivity index (χ1v) is 8.74. The molecule has 0 unspecified atom stereocenters. The molecule has 0 bridgehead atoms. The van der Waals surface area contributed by atoms with Crippen LogP contribution < -0.4 is 5.32 Å². The number of para-hydroxylation sites is 1. The molecule has 0 aliphatic heterocycles. The van der Waals surface area contributed by atoms with E-state index >= 15 is 0 Å². The van der Waals surface area contributed by atoms with E-state index in [4.69, 9.17) is 4.42 Å². The Kier molecular flexibility index (Phi) is 3.76. The average Bonchev–Trinajstić information content (AvgIpc) is 3.16. The first-order valence-electron chi connectivity index (χ1n) is 8.74. The average molecular weight is 352 g/mol. The summed E-state index contributed by atoms with van der Waals surface area (Å²) < 4.78 is 6.04. The molecule has 0 saturated carbocycles. The Morgan fingerprint density at radius 2 is 1.81 bits per heavy atom. The van der Waals surface area contributed by atoms with Crippen LogP contribution in [0, 0.1) is 0 Å². The molecule has 5 heteroatoms. The van der Waals surface area contributed by atoms with Gasteiger partial charge in [-0.2, -0.15) is 10.2 Å². The minimum Gasteiger partial charge on any atom is -0.456 e. The van der Waals surface area contributed by atoms with Crippen molar-refractivity contribution in [2.75, 3.05) is 5.32 Å². The van der Waals surface area contributed by atoms with Crippen LogP contribution in [-0.2, 0) is 6.54 Å². The van der Waals surface area contributed by atoms with E-state index in [-0.39, 0.29) is 0 Å². The van der Waals surface area contributed by atoms with Crippen molar-refractivity contribution in [3.8, 4) is 11.3 Å². The Hall–Kier alpha value is -3.73. The summed E-state index contributed by atoms with van der Waals surface area (Å²) in [5.74, 6) is 0.801. The number of nitrogens with one attached hydrogen (secondary N) is 1. The Labute approximate surface area is 155 Å². The summed E-state index contributed by atoms with van der Waals surface area (Å²) in [6, 6.07) is 20.1. The van der Waals surface area contributed by atoms with E-state index in [1.165, 1.54) is 0 Å². The molecule has 0 aliphatic carbocycles. The normalized spacial score (nSPS) is 11.1. The number of hydrogen-bond acceptors (Lipinski definition) is 5. The summed E-state index contributed by atoms with van der Waals surface area (Å²) in [5.41, 5.74) is 4.86. The van der Waals surface area contributed by atoms with Crippen LogP contribution in [0.2, 0.25) is 0 Å². The number of furan rings is 1. The summed E-state index contributed by atoms with van der Waals surface area (Å²) >= 11 is 0. The fourth-order valence-electron chi connectivity index (χ4n) is 3.20. The number of pyridine rings is 1. The lowest BCUT2D eigenvalue weighted by Crippen LogP contribution is -1.99. The van der Waals surface area contributed by atoms with Gasteiger partial charge in [-0.1, -0.05) is 24.3 Å². The summed E-state index contributed by atoms with van der Waals surface area (Å²) in [6.07, 6.45) is 5.32. The molecule has 5 aromatic rings. The van der Waals surface area contributed by atoms with Gasteiger partial charge in [0.15, 0.2) is 0 Å². The highest BCUT2D eigenvalue weighted by Crippen LogP contribution is 2.32. The molecule has 0 fully saturated rings. The van der Waals surface area contributed by atoms with Gasteiger partial charge in [0.1, 0.15) is 11.3 Å². The van der Waals surface area contributed by atoms with Gasteiger partial charge in [-0.25, -0.2) is 0 Å². The van der Waals surface area contributed by atoms with Gasteiger partial charge in [0, 0.05) is 41.0 Å². The molecule has 2 aromatic carbocycles. The van der Waals surface area contributed by atoms with E-state index in [9.17, 15) is 0 Å². The van der Waals surface area contributed by atoms with Crippen LogP contribution in [0.3, 0.4) is 0 Å². The summed E-state index contributed by atoms with van der Waals surface area (Å²) in [7, 11) is 0. The van der Waals surface area contributed by atoms with Crippen molar-refractivity contribution in [2.45, 2.75) is 6.54 Å². The van der Waals surface area contributed by atoms with Crippen LogP contribution >= 0.6 is 0 Å². The van der Waals surface area contributed by atoms with E-state index < -0.39 is 0 Å². The summed E-state index contributed by atoms with van der Waals surface area (Å²) in [6.45, 7) is 0.710. The Morgan fingerprint density at radius 3 is 2.70 bits per heavy atom. The van der Waals surface area contributed by atoms with Gasteiger partial charge < -0.3 is 9.73 Å². The monoisotopic (exact) mass is 352 g/mol. The van der Waals surface area contributed by atoms with Crippen molar-refractivity contribution < 1.29 is 4.42 Å². The third-order valence-electron chi connectivity index (χ3n) is 4.57. The zero-order valence-corrected chi connectivity index (χ0v) is 14.5. The maximum Gasteiger partial charge on any atom is 0.137 e. The molecule has 0 radical (unpaired) electrons. The van der Waals surface area contributed by atoms with Crippen molar-refractivity contribution in [1.29, 1.82) is 0 Å². The molecule has 0 saturated heterocycles. The number of aromatic nitrogens is 3. The van der Waals surface area contributed by atoms with Crippen LogP contribution in [0.5, 0.6) is 0 Å². The van der Waals surface area contributed by atoms with Crippen LogP contribution in [0.25, 0.3) is 33.2 Å². The molecular weight excluding hydrogens is 336 g/mol. The molecule has 5 rings (SSSR count). The molecule has 3 aromatic heterocycles. The predicted molar refractivity (Wildman–Crippen MR) is 106 cm³/mol. The predicted octanol–water partition coefficient (Wildman–Crippen LogP) is 5.05. The van der Waals surface area contributed by atoms with E-state index in [0.29, 0.717) is 6.54 Å². The lowest BCUT2D eigenvalue weighted by molar-refractivity contribution is 0.631. The van der Waals surface area contributed by atoms with Gasteiger partial charge in [0.2, 0.25) is 0 Å². The highest BCUT2D eigenvalue weighted by atomic mass is 16.3. The Bertz CT molecular complexity index is 1200. The quantitative estimate of drug-likeness (QED) is 0.490. The molecule has 1 N–H and O–H groups in total. The van der Waals surface area contributed by atoms with E-state index in [0.717, 1.165) is 44.4 Å². The maximum atomic E-state index is 6.04. The van der Waals surface area contributed by atoms with Gasteiger partial charge in [-0.05, 0) is 42.0 Å². The van der Waals surface area contributed by atoms with Crippen molar-refractivity contribution in [2.24, 2.45) is 0 Å². The first kappa shape index (κ1) is 15.5. The maximum absolute atomic E-state index is 6.04. The third kappa shape index (κ3) is 3.00. The number of hydrogen-bond donors (Lipinski definition) is 1. The van der Waals surface area contributed by atoms with Crippen LogP contribution in [0.1, 0.15) is 5.56 Å². The van der Waals surface area contributed by atoms with Crippen LogP contribution in [0.4, 0.5) is 5.69 Å². The Morgan fingerprint density at radius 1 is 0.926 bits per heavy atom.